The molecule has 4 aromatic heterocycles. The van der Waals surface area contributed by atoms with Crippen molar-refractivity contribution in [1.29, 1.82) is 0 Å². The standard InChI is InChI=1S/C25H22N6O4S4/c32-23(26-10-9-18-15-38-25-28-22(29-31(18)25)20-5-2-12-36-20)24(33)27-17-8-7-16-4-1-11-30(19(16)14-17)39(34,35)21-6-3-13-37-21/h2-3,5-8,12-15H,1,4,9-11H2,(H,26,32)(H,27,33). The zero-order valence-electron chi connectivity index (χ0n) is 20.4. The maximum absolute atomic E-state index is 13.2. The van der Waals surface area contributed by atoms with Crippen molar-refractivity contribution in [3.63, 3.8) is 0 Å². The summed E-state index contributed by atoms with van der Waals surface area (Å²) in [5.41, 5.74) is 2.63. The Kier molecular flexibility index (Phi) is 6.93. The third kappa shape index (κ3) is 5.07. The second kappa shape index (κ2) is 10.5. The molecule has 14 heteroatoms. The number of benzene rings is 1. The largest absolute Gasteiger partial charge is 0.347 e. The van der Waals surface area contributed by atoms with E-state index >= 15 is 0 Å². The number of anilines is 2. The third-order valence-corrected chi connectivity index (χ3v) is 11.1. The molecule has 0 unspecified atom stereocenters. The van der Waals surface area contributed by atoms with Gasteiger partial charge in [-0.2, -0.15) is 4.98 Å². The van der Waals surface area contributed by atoms with Crippen molar-refractivity contribution in [3.05, 3.63) is 69.9 Å². The summed E-state index contributed by atoms with van der Waals surface area (Å²) in [6, 6.07) is 12.3. The van der Waals surface area contributed by atoms with Crippen LogP contribution in [0.1, 0.15) is 17.7 Å². The number of hydrogen-bond acceptors (Lipinski definition) is 9. The van der Waals surface area contributed by atoms with Crippen LogP contribution in [0.4, 0.5) is 11.4 Å². The molecule has 0 bridgehead atoms. The fourth-order valence-electron chi connectivity index (χ4n) is 4.37. The minimum atomic E-state index is -3.70. The zero-order chi connectivity index (χ0) is 27.0. The molecule has 1 aliphatic heterocycles. The minimum Gasteiger partial charge on any atom is -0.347 e. The Morgan fingerprint density at radius 2 is 1.87 bits per heavy atom. The number of sulfonamides is 1. The highest BCUT2D eigenvalue weighted by molar-refractivity contribution is 7.94. The number of aromatic nitrogens is 3. The highest BCUT2D eigenvalue weighted by Crippen LogP contribution is 2.35. The van der Waals surface area contributed by atoms with Crippen molar-refractivity contribution in [3.8, 4) is 10.7 Å². The van der Waals surface area contributed by atoms with Gasteiger partial charge in [0.25, 0.3) is 10.0 Å². The SMILES string of the molecule is O=C(NCCc1csc2nc(-c3cccs3)nn12)C(=O)Nc1ccc2c(c1)N(S(=O)(=O)c1cccs1)CCC2. The van der Waals surface area contributed by atoms with Crippen LogP contribution >= 0.6 is 34.0 Å². The number of fused-ring (bicyclic) bond motifs is 2. The summed E-state index contributed by atoms with van der Waals surface area (Å²) < 4.78 is 29.8. The first kappa shape index (κ1) is 25.7. The molecule has 1 aliphatic rings. The van der Waals surface area contributed by atoms with Crippen molar-refractivity contribution in [2.75, 3.05) is 22.7 Å². The van der Waals surface area contributed by atoms with Gasteiger partial charge in [0.05, 0.1) is 16.3 Å². The molecule has 39 heavy (non-hydrogen) atoms. The number of carbonyl (C=O) groups is 2. The van der Waals surface area contributed by atoms with Crippen LogP contribution in [-0.4, -0.2) is 47.9 Å². The van der Waals surface area contributed by atoms with Gasteiger partial charge in [-0.25, -0.2) is 12.9 Å². The number of aryl methyl sites for hydroxylation is 1. The monoisotopic (exact) mass is 598 g/mol. The van der Waals surface area contributed by atoms with Crippen LogP contribution < -0.4 is 14.9 Å². The molecule has 0 saturated carbocycles. The number of amides is 2. The summed E-state index contributed by atoms with van der Waals surface area (Å²) in [7, 11) is -3.70. The lowest BCUT2D eigenvalue weighted by Gasteiger charge is -2.30. The quantitative estimate of drug-likeness (QED) is 0.273. The molecule has 0 fully saturated rings. The molecule has 5 heterocycles. The lowest BCUT2D eigenvalue weighted by molar-refractivity contribution is -0.136. The molecular weight excluding hydrogens is 577 g/mol. The number of nitrogens with zero attached hydrogens (tertiary/aromatic N) is 4. The Morgan fingerprint density at radius 1 is 1.03 bits per heavy atom. The van der Waals surface area contributed by atoms with Crippen LogP contribution in [0.2, 0.25) is 0 Å². The van der Waals surface area contributed by atoms with Crippen molar-refractivity contribution in [1.82, 2.24) is 19.9 Å². The minimum absolute atomic E-state index is 0.239. The van der Waals surface area contributed by atoms with E-state index in [0.29, 0.717) is 36.6 Å². The lowest BCUT2D eigenvalue weighted by Crippen LogP contribution is -2.37. The molecule has 0 radical (unpaired) electrons. The molecule has 10 nitrogen and oxygen atoms in total. The van der Waals surface area contributed by atoms with E-state index in [4.69, 9.17) is 0 Å². The topological polar surface area (TPSA) is 126 Å². The molecular formula is C25H22N6O4S4. The number of hydrogen-bond donors (Lipinski definition) is 2. The van der Waals surface area contributed by atoms with Gasteiger partial charge >= 0.3 is 11.8 Å². The van der Waals surface area contributed by atoms with E-state index in [-0.39, 0.29) is 10.8 Å². The number of rotatable bonds is 7. The van der Waals surface area contributed by atoms with E-state index in [0.717, 1.165) is 38.9 Å². The maximum atomic E-state index is 13.2. The molecule has 2 amide bonds. The van der Waals surface area contributed by atoms with Gasteiger partial charge in [0.15, 0.2) is 5.82 Å². The van der Waals surface area contributed by atoms with E-state index in [1.54, 1.807) is 51.6 Å². The first-order valence-corrected chi connectivity index (χ1v) is 16.1. The van der Waals surface area contributed by atoms with E-state index in [1.165, 1.54) is 15.6 Å². The van der Waals surface area contributed by atoms with Gasteiger partial charge in [-0.05, 0) is 53.4 Å². The Morgan fingerprint density at radius 3 is 2.67 bits per heavy atom. The highest BCUT2D eigenvalue weighted by Gasteiger charge is 2.30. The van der Waals surface area contributed by atoms with Crippen molar-refractivity contribution < 1.29 is 18.0 Å². The second-order valence-electron chi connectivity index (χ2n) is 8.75. The average Bonchev–Trinajstić information content (AvgIpc) is 3.74. The molecule has 0 spiro atoms. The number of thiophene rings is 2. The van der Waals surface area contributed by atoms with Gasteiger partial charge in [0, 0.05) is 30.6 Å². The predicted molar refractivity (Wildman–Crippen MR) is 153 cm³/mol. The Hall–Kier alpha value is -3.59. The van der Waals surface area contributed by atoms with Gasteiger partial charge in [-0.1, -0.05) is 18.2 Å². The summed E-state index contributed by atoms with van der Waals surface area (Å²) in [6.45, 7) is 0.588. The van der Waals surface area contributed by atoms with Crippen LogP contribution in [-0.2, 0) is 32.5 Å². The van der Waals surface area contributed by atoms with E-state index in [1.807, 2.05) is 22.9 Å². The molecule has 0 aliphatic carbocycles. The number of thiazole rings is 1. The smallest absolute Gasteiger partial charge is 0.313 e. The van der Waals surface area contributed by atoms with Crippen LogP contribution in [0, 0.1) is 0 Å². The molecule has 5 aromatic rings. The fourth-order valence-corrected chi connectivity index (χ4v) is 8.51. The van der Waals surface area contributed by atoms with Crippen LogP contribution in [0.5, 0.6) is 0 Å². The van der Waals surface area contributed by atoms with Crippen LogP contribution in [0.15, 0.2) is 62.8 Å². The van der Waals surface area contributed by atoms with Crippen LogP contribution in [0.25, 0.3) is 15.7 Å². The molecule has 1 aromatic carbocycles. The van der Waals surface area contributed by atoms with Gasteiger partial charge in [0.1, 0.15) is 4.21 Å². The zero-order valence-corrected chi connectivity index (χ0v) is 23.6. The van der Waals surface area contributed by atoms with Gasteiger partial charge in [-0.15, -0.1) is 39.1 Å². The van der Waals surface area contributed by atoms with Gasteiger partial charge in [-0.3, -0.25) is 13.9 Å². The van der Waals surface area contributed by atoms with E-state index in [2.05, 4.69) is 20.7 Å². The molecule has 0 atom stereocenters. The summed E-state index contributed by atoms with van der Waals surface area (Å²) in [4.78, 5) is 31.4. The van der Waals surface area contributed by atoms with Crippen molar-refractivity contribution >= 4 is 72.2 Å². The Labute approximate surface area is 236 Å². The normalized spacial score (nSPS) is 13.4. The number of carbonyl (C=O) groups excluding carboxylic acids is 2. The summed E-state index contributed by atoms with van der Waals surface area (Å²) in [5.74, 6) is -0.942. The fraction of sp³-hybridized carbons (Fsp3) is 0.200. The number of nitrogens with one attached hydrogen (secondary N) is 2. The third-order valence-electron chi connectivity index (χ3n) is 6.22. The first-order chi connectivity index (χ1) is 18.9. The van der Waals surface area contributed by atoms with Gasteiger partial charge < -0.3 is 10.6 Å². The van der Waals surface area contributed by atoms with Gasteiger partial charge in [0.2, 0.25) is 4.96 Å². The highest BCUT2D eigenvalue weighted by atomic mass is 32.2. The lowest BCUT2D eigenvalue weighted by atomic mass is 10.0. The molecule has 2 N–H and O–H groups in total. The Balaban J connectivity index is 1.09. The van der Waals surface area contributed by atoms with Crippen molar-refractivity contribution in [2.45, 2.75) is 23.5 Å². The summed E-state index contributed by atoms with van der Waals surface area (Å²) in [6.07, 6.45) is 1.91. The molecule has 0 saturated heterocycles. The van der Waals surface area contributed by atoms with Crippen molar-refractivity contribution in [2.24, 2.45) is 0 Å². The summed E-state index contributed by atoms with van der Waals surface area (Å²) >= 11 is 4.20. The average molecular weight is 599 g/mol. The molecule has 6 rings (SSSR count). The Bertz CT molecular complexity index is 1760. The maximum Gasteiger partial charge on any atom is 0.313 e. The second-order valence-corrected chi connectivity index (χ2v) is 13.6. The van der Waals surface area contributed by atoms with Crippen LogP contribution in [0.3, 0.4) is 0 Å². The molecule has 200 valence electrons. The predicted octanol–water partition coefficient (Wildman–Crippen LogP) is 4.02. The summed E-state index contributed by atoms with van der Waals surface area (Å²) in [5, 5.41) is 15.4. The first-order valence-electron chi connectivity index (χ1n) is 12.1. The van der Waals surface area contributed by atoms with E-state index in [9.17, 15) is 18.0 Å². The van der Waals surface area contributed by atoms with E-state index < -0.39 is 21.8 Å².